The topological polar surface area (TPSA) is 47.6 Å². The summed E-state index contributed by atoms with van der Waals surface area (Å²) in [5.41, 5.74) is 1.65. The van der Waals surface area contributed by atoms with Gasteiger partial charge in [-0.05, 0) is 36.6 Å². The average molecular weight is 276 g/mol. The Labute approximate surface area is 117 Å². The number of benzene rings is 1. The highest BCUT2D eigenvalue weighted by Crippen LogP contribution is 2.20. The molecule has 1 aromatic carbocycles. The molecule has 1 unspecified atom stereocenters. The van der Waals surface area contributed by atoms with Crippen LogP contribution in [0.3, 0.4) is 0 Å². The fraction of sp³-hybridized carbons (Fsp3) is 0.533. The molecule has 2 heterocycles. The fourth-order valence-electron chi connectivity index (χ4n) is 2.85. The van der Waals surface area contributed by atoms with Gasteiger partial charge in [-0.1, -0.05) is 13.0 Å². The maximum atomic E-state index is 12.1. The second kappa shape index (κ2) is 5.42. The summed E-state index contributed by atoms with van der Waals surface area (Å²) in [6, 6.07) is 5.85. The molecule has 0 saturated carbocycles. The molecule has 1 aliphatic rings. The largest absolute Gasteiger partial charge is 0.373 e. The number of aromatic nitrogens is 1. The van der Waals surface area contributed by atoms with Gasteiger partial charge < -0.3 is 9.26 Å². The van der Waals surface area contributed by atoms with E-state index in [1.54, 1.807) is 7.11 Å². The normalized spacial score (nSPS) is 20.0. The third-order valence-electron chi connectivity index (χ3n) is 3.87. The zero-order chi connectivity index (χ0) is 14.1. The number of ether oxygens (including phenoxy) is 1. The van der Waals surface area contributed by atoms with Crippen LogP contribution in [0.25, 0.3) is 11.0 Å². The molecule has 2 aromatic rings. The van der Waals surface area contributed by atoms with Crippen molar-refractivity contribution in [3.63, 3.8) is 0 Å². The van der Waals surface area contributed by atoms with E-state index in [4.69, 9.17) is 9.26 Å². The predicted octanol–water partition coefficient (Wildman–Crippen LogP) is 2.04. The number of hydrogen-bond acceptors (Lipinski definition) is 4. The summed E-state index contributed by atoms with van der Waals surface area (Å²) in [6.45, 7) is 5.60. The molecule has 0 amide bonds. The summed E-state index contributed by atoms with van der Waals surface area (Å²) < 4.78 is 11.6. The molecule has 0 spiro atoms. The van der Waals surface area contributed by atoms with Crippen molar-refractivity contribution in [3.05, 3.63) is 34.1 Å². The molecular formula is C15H20N2O3. The molecule has 0 radical (unpaired) electrons. The van der Waals surface area contributed by atoms with E-state index in [0.29, 0.717) is 11.0 Å². The molecule has 1 aliphatic heterocycles. The molecule has 0 aliphatic carbocycles. The van der Waals surface area contributed by atoms with E-state index in [1.165, 1.54) is 11.2 Å². The van der Waals surface area contributed by atoms with E-state index in [1.807, 2.05) is 18.2 Å². The lowest BCUT2D eigenvalue weighted by molar-refractivity contribution is 0.0636. The van der Waals surface area contributed by atoms with Crippen LogP contribution in [0.2, 0.25) is 0 Å². The van der Waals surface area contributed by atoms with Crippen LogP contribution in [0, 0.1) is 5.92 Å². The Morgan fingerprint density at radius 3 is 3.00 bits per heavy atom. The molecule has 1 fully saturated rings. The molecule has 20 heavy (non-hydrogen) atoms. The minimum absolute atomic E-state index is 0.126. The van der Waals surface area contributed by atoms with Crippen LogP contribution in [0.5, 0.6) is 0 Å². The molecule has 5 nitrogen and oxygen atoms in total. The van der Waals surface area contributed by atoms with Gasteiger partial charge in [0.25, 0.3) is 5.56 Å². The first-order valence-electron chi connectivity index (χ1n) is 7.01. The quantitative estimate of drug-likeness (QED) is 0.857. The maximum absolute atomic E-state index is 12.1. The summed E-state index contributed by atoms with van der Waals surface area (Å²) in [4.78, 5) is 14.6. The Hall–Kier alpha value is -1.59. The number of rotatable bonds is 4. The monoisotopic (exact) mass is 276 g/mol. The van der Waals surface area contributed by atoms with Crippen molar-refractivity contribution in [2.24, 2.45) is 5.92 Å². The Morgan fingerprint density at radius 2 is 2.30 bits per heavy atom. The minimum atomic E-state index is -0.126. The summed E-state index contributed by atoms with van der Waals surface area (Å²) in [6.07, 6.45) is 1.26. The first-order chi connectivity index (χ1) is 9.67. The molecular weight excluding hydrogens is 256 g/mol. The number of methoxy groups -OCH3 is 1. The van der Waals surface area contributed by atoms with Crippen molar-refractivity contribution in [2.75, 3.05) is 20.2 Å². The van der Waals surface area contributed by atoms with Crippen molar-refractivity contribution >= 4 is 11.0 Å². The second-order valence-corrected chi connectivity index (χ2v) is 5.65. The van der Waals surface area contributed by atoms with Crippen molar-refractivity contribution in [3.8, 4) is 0 Å². The molecule has 5 heteroatoms. The number of nitrogens with zero attached hydrogens (tertiary/aromatic N) is 2. The highest BCUT2D eigenvalue weighted by Gasteiger charge is 2.19. The third kappa shape index (κ3) is 2.51. The lowest BCUT2D eigenvalue weighted by Gasteiger charge is -2.14. The maximum Gasteiger partial charge on any atom is 0.292 e. The van der Waals surface area contributed by atoms with Gasteiger partial charge in [-0.3, -0.25) is 9.69 Å². The van der Waals surface area contributed by atoms with Crippen molar-refractivity contribution < 1.29 is 9.26 Å². The smallest absolute Gasteiger partial charge is 0.292 e. The average Bonchev–Trinajstić information content (AvgIpc) is 2.96. The van der Waals surface area contributed by atoms with Gasteiger partial charge in [0.15, 0.2) is 12.3 Å². The summed E-state index contributed by atoms with van der Waals surface area (Å²) in [7, 11) is 1.54. The molecule has 1 atom stereocenters. The van der Waals surface area contributed by atoms with Crippen LogP contribution in [0.15, 0.2) is 27.5 Å². The third-order valence-corrected chi connectivity index (χ3v) is 3.87. The predicted molar refractivity (Wildman–Crippen MR) is 76.5 cm³/mol. The Balaban J connectivity index is 1.86. The SMILES string of the molecule is COCn1oc2ccc(CN3CCC(C)C3)cc2c1=O. The Bertz CT molecular complexity index is 659. The summed E-state index contributed by atoms with van der Waals surface area (Å²) in [5, 5.41) is 0.631. The molecule has 1 aromatic heterocycles. The van der Waals surface area contributed by atoms with Crippen LogP contribution in [-0.2, 0) is 18.0 Å². The zero-order valence-electron chi connectivity index (χ0n) is 12.0. The van der Waals surface area contributed by atoms with E-state index in [0.717, 1.165) is 31.1 Å². The lowest BCUT2D eigenvalue weighted by Crippen LogP contribution is -2.19. The number of fused-ring (bicyclic) bond motifs is 1. The molecule has 1 saturated heterocycles. The van der Waals surface area contributed by atoms with E-state index < -0.39 is 0 Å². The van der Waals surface area contributed by atoms with Crippen molar-refractivity contribution in [1.29, 1.82) is 0 Å². The van der Waals surface area contributed by atoms with Gasteiger partial charge in [0.05, 0.1) is 5.39 Å². The van der Waals surface area contributed by atoms with Crippen LogP contribution >= 0.6 is 0 Å². The van der Waals surface area contributed by atoms with E-state index in [2.05, 4.69) is 11.8 Å². The Morgan fingerprint density at radius 1 is 1.45 bits per heavy atom. The van der Waals surface area contributed by atoms with Crippen molar-refractivity contribution in [1.82, 2.24) is 9.64 Å². The van der Waals surface area contributed by atoms with Crippen LogP contribution in [0.4, 0.5) is 0 Å². The molecule has 0 bridgehead atoms. The Kier molecular flexibility index (Phi) is 3.63. The van der Waals surface area contributed by atoms with Gasteiger partial charge in [0.1, 0.15) is 0 Å². The van der Waals surface area contributed by atoms with Gasteiger partial charge in [0.2, 0.25) is 0 Å². The summed E-state index contributed by atoms with van der Waals surface area (Å²) in [5.74, 6) is 0.770. The number of likely N-dealkylation sites (tertiary alicyclic amines) is 1. The van der Waals surface area contributed by atoms with Gasteiger partial charge in [-0.2, -0.15) is 0 Å². The van der Waals surface area contributed by atoms with Crippen molar-refractivity contribution in [2.45, 2.75) is 26.6 Å². The molecule has 108 valence electrons. The second-order valence-electron chi connectivity index (χ2n) is 5.65. The highest BCUT2D eigenvalue weighted by atomic mass is 16.6. The molecule has 0 N–H and O–H groups in total. The van der Waals surface area contributed by atoms with E-state index in [-0.39, 0.29) is 12.3 Å². The van der Waals surface area contributed by atoms with Gasteiger partial charge in [-0.25, -0.2) is 0 Å². The van der Waals surface area contributed by atoms with E-state index in [9.17, 15) is 4.79 Å². The highest BCUT2D eigenvalue weighted by molar-refractivity contribution is 5.76. The first-order valence-corrected chi connectivity index (χ1v) is 7.01. The van der Waals surface area contributed by atoms with Crippen LogP contribution < -0.4 is 5.56 Å². The molecule has 3 rings (SSSR count). The van der Waals surface area contributed by atoms with Gasteiger partial charge in [0, 0.05) is 20.2 Å². The first kappa shape index (κ1) is 13.4. The lowest BCUT2D eigenvalue weighted by atomic mass is 10.1. The minimum Gasteiger partial charge on any atom is -0.373 e. The van der Waals surface area contributed by atoms with E-state index >= 15 is 0 Å². The number of hydrogen-bond donors (Lipinski definition) is 0. The fourth-order valence-corrected chi connectivity index (χ4v) is 2.85. The van der Waals surface area contributed by atoms with Crippen LogP contribution in [0.1, 0.15) is 18.9 Å². The summed E-state index contributed by atoms with van der Waals surface area (Å²) >= 11 is 0. The van der Waals surface area contributed by atoms with Crippen LogP contribution in [-0.4, -0.2) is 29.8 Å². The van der Waals surface area contributed by atoms with Gasteiger partial charge in [-0.15, -0.1) is 4.74 Å². The standard InChI is InChI=1S/C15H20N2O3/c1-11-5-6-16(8-11)9-12-3-4-14-13(7-12)15(18)17(20-14)10-19-2/h3-4,7,11H,5-6,8-10H2,1-2H3. The van der Waals surface area contributed by atoms with Gasteiger partial charge >= 0.3 is 0 Å². The zero-order valence-corrected chi connectivity index (χ0v) is 12.0.